The number of likely N-dealkylation sites (N-methyl/N-ethyl adjacent to an activating group) is 1. The first kappa shape index (κ1) is 16.5. The zero-order chi connectivity index (χ0) is 17.1. The minimum Gasteiger partial charge on any atom is -0.492 e. The molecule has 0 radical (unpaired) electrons. The van der Waals surface area contributed by atoms with Crippen molar-refractivity contribution in [2.45, 2.75) is 32.6 Å². The first-order valence-corrected chi connectivity index (χ1v) is 8.32. The van der Waals surface area contributed by atoms with E-state index >= 15 is 0 Å². The molecule has 2 heterocycles. The minimum absolute atomic E-state index is 0.0945. The number of carbonyl (C=O) groups excluding carboxylic acids is 1. The van der Waals surface area contributed by atoms with Crippen LogP contribution in [0.1, 0.15) is 37.0 Å². The van der Waals surface area contributed by atoms with Crippen molar-refractivity contribution in [2.24, 2.45) is 5.92 Å². The molecule has 6 nitrogen and oxygen atoms in total. The monoisotopic (exact) mass is 329 g/mol. The second-order valence-electron chi connectivity index (χ2n) is 6.53. The van der Waals surface area contributed by atoms with E-state index < -0.39 is 0 Å². The van der Waals surface area contributed by atoms with Gasteiger partial charge in [0.05, 0.1) is 5.92 Å². The van der Waals surface area contributed by atoms with Gasteiger partial charge < -0.3 is 14.2 Å². The quantitative estimate of drug-likeness (QED) is 0.843. The zero-order valence-corrected chi connectivity index (χ0v) is 14.4. The van der Waals surface area contributed by atoms with Crippen molar-refractivity contribution in [1.29, 1.82) is 0 Å². The summed E-state index contributed by atoms with van der Waals surface area (Å²) in [6.45, 7) is 5.01. The van der Waals surface area contributed by atoms with Gasteiger partial charge in [-0.2, -0.15) is 4.98 Å². The Labute approximate surface area is 141 Å². The van der Waals surface area contributed by atoms with E-state index in [4.69, 9.17) is 9.26 Å². The highest BCUT2D eigenvalue weighted by Gasteiger charge is 2.28. The van der Waals surface area contributed by atoms with Crippen LogP contribution in [-0.4, -0.2) is 41.1 Å². The first-order chi connectivity index (χ1) is 11.5. The lowest BCUT2D eigenvalue weighted by molar-refractivity contribution is -0.135. The van der Waals surface area contributed by atoms with E-state index in [1.54, 1.807) is 4.90 Å². The SMILES string of the molecule is CC(C)c1nc(CCN(C)C(=O)[C@H]2COc3ccccc3C2)no1. The van der Waals surface area contributed by atoms with Crippen LogP contribution in [0.5, 0.6) is 5.75 Å². The van der Waals surface area contributed by atoms with Crippen LogP contribution in [0.15, 0.2) is 28.8 Å². The molecule has 2 aromatic rings. The lowest BCUT2D eigenvalue weighted by atomic mass is 9.95. The fourth-order valence-electron chi connectivity index (χ4n) is 2.78. The Bertz CT molecular complexity index is 711. The molecule has 1 atom stereocenters. The normalized spacial score (nSPS) is 16.6. The summed E-state index contributed by atoms with van der Waals surface area (Å²) in [4.78, 5) is 18.7. The Balaban J connectivity index is 1.55. The largest absolute Gasteiger partial charge is 0.492 e. The van der Waals surface area contributed by atoms with Gasteiger partial charge in [-0.3, -0.25) is 4.79 Å². The lowest BCUT2D eigenvalue weighted by Gasteiger charge is -2.28. The summed E-state index contributed by atoms with van der Waals surface area (Å²) in [7, 11) is 1.81. The van der Waals surface area contributed by atoms with Gasteiger partial charge in [-0.05, 0) is 18.1 Å². The second kappa shape index (κ2) is 7.03. The first-order valence-electron chi connectivity index (χ1n) is 8.32. The number of benzene rings is 1. The fourth-order valence-corrected chi connectivity index (χ4v) is 2.78. The van der Waals surface area contributed by atoms with Crippen molar-refractivity contribution in [3.05, 3.63) is 41.5 Å². The number of hydrogen-bond acceptors (Lipinski definition) is 5. The van der Waals surface area contributed by atoms with Gasteiger partial charge >= 0.3 is 0 Å². The lowest BCUT2D eigenvalue weighted by Crippen LogP contribution is -2.39. The molecule has 0 fully saturated rings. The molecule has 128 valence electrons. The van der Waals surface area contributed by atoms with Crippen LogP contribution in [-0.2, 0) is 17.6 Å². The van der Waals surface area contributed by atoms with Crippen molar-refractivity contribution in [2.75, 3.05) is 20.2 Å². The molecular weight excluding hydrogens is 306 g/mol. The van der Waals surface area contributed by atoms with Gasteiger partial charge in [0.1, 0.15) is 12.4 Å². The average Bonchev–Trinajstić information content (AvgIpc) is 3.08. The van der Waals surface area contributed by atoms with E-state index in [-0.39, 0.29) is 17.7 Å². The minimum atomic E-state index is -0.138. The third-order valence-corrected chi connectivity index (χ3v) is 4.25. The Morgan fingerprint density at radius 3 is 2.92 bits per heavy atom. The molecule has 1 amide bonds. The molecule has 0 spiro atoms. The zero-order valence-electron chi connectivity index (χ0n) is 14.4. The Hall–Kier alpha value is -2.37. The highest BCUT2D eigenvalue weighted by molar-refractivity contribution is 5.79. The van der Waals surface area contributed by atoms with E-state index in [1.165, 1.54) is 0 Å². The number of hydrogen-bond donors (Lipinski definition) is 0. The molecule has 1 aliphatic heterocycles. The fraction of sp³-hybridized carbons (Fsp3) is 0.500. The van der Waals surface area contributed by atoms with Gasteiger partial charge in [-0.25, -0.2) is 0 Å². The third-order valence-electron chi connectivity index (χ3n) is 4.25. The van der Waals surface area contributed by atoms with Crippen molar-refractivity contribution >= 4 is 5.91 Å². The summed E-state index contributed by atoms with van der Waals surface area (Å²) in [6, 6.07) is 7.88. The van der Waals surface area contributed by atoms with Crippen LogP contribution in [0.4, 0.5) is 0 Å². The van der Waals surface area contributed by atoms with Gasteiger partial charge in [0.15, 0.2) is 5.82 Å². The maximum absolute atomic E-state index is 12.6. The van der Waals surface area contributed by atoms with E-state index in [2.05, 4.69) is 10.1 Å². The van der Waals surface area contributed by atoms with Gasteiger partial charge in [-0.1, -0.05) is 37.2 Å². The Morgan fingerprint density at radius 2 is 2.17 bits per heavy atom. The summed E-state index contributed by atoms with van der Waals surface area (Å²) in [5, 5.41) is 3.96. The number of para-hydroxylation sites is 1. The Morgan fingerprint density at radius 1 is 1.38 bits per heavy atom. The predicted molar refractivity (Wildman–Crippen MR) is 88.9 cm³/mol. The summed E-state index contributed by atoms with van der Waals surface area (Å²) < 4.78 is 10.9. The summed E-state index contributed by atoms with van der Waals surface area (Å²) in [6.07, 6.45) is 1.31. The molecule has 0 N–H and O–H groups in total. The molecule has 0 bridgehead atoms. The van der Waals surface area contributed by atoms with Crippen LogP contribution in [0.2, 0.25) is 0 Å². The van der Waals surface area contributed by atoms with Crippen LogP contribution < -0.4 is 4.74 Å². The molecule has 1 aromatic heterocycles. The number of amides is 1. The number of ether oxygens (including phenoxy) is 1. The average molecular weight is 329 g/mol. The van der Waals surface area contributed by atoms with E-state index in [0.717, 1.165) is 17.7 Å². The summed E-state index contributed by atoms with van der Waals surface area (Å²) in [5.74, 6) is 2.33. The highest BCUT2D eigenvalue weighted by atomic mass is 16.5. The van der Waals surface area contributed by atoms with E-state index in [0.29, 0.717) is 31.3 Å². The Kier molecular flexibility index (Phi) is 4.83. The smallest absolute Gasteiger partial charge is 0.229 e. The third kappa shape index (κ3) is 3.58. The van der Waals surface area contributed by atoms with Crippen molar-refractivity contribution < 1.29 is 14.1 Å². The van der Waals surface area contributed by atoms with Gasteiger partial charge in [0.25, 0.3) is 0 Å². The maximum Gasteiger partial charge on any atom is 0.229 e. The molecular formula is C18H23N3O3. The number of fused-ring (bicyclic) bond motifs is 1. The van der Waals surface area contributed by atoms with Gasteiger partial charge in [0, 0.05) is 25.9 Å². The molecule has 3 rings (SSSR count). The topological polar surface area (TPSA) is 68.5 Å². The molecule has 0 saturated heterocycles. The van der Waals surface area contributed by atoms with Crippen molar-refractivity contribution in [3.63, 3.8) is 0 Å². The molecule has 1 aromatic carbocycles. The van der Waals surface area contributed by atoms with Crippen LogP contribution >= 0.6 is 0 Å². The maximum atomic E-state index is 12.6. The van der Waals surface area contributed by atoms with Gasteiger partial charge in [0.2, 0.25) is 11.8 Å². The molecule has 6 heteroatoms. The van der Waals surface area contributed by atoms with E-state index in [1.807, 2.05) is 45.2 Å². The number of aromatic nitrogens is 2. The van der Waals surface area contributed by atoms with E-state index in [9.17, 15) is 4.79 Å². The second-order valence-corrected chi connectivity index (χ2v) is 6.53. The highest BCUT2D eigenvalue weighted by Crippen LogP contribution is 2.27. The van der Waals surface area contributed by atoms with Crippen LogP contribution in [0.25, 0.3) is 0 Å². The predicted octanol–water partition coefficient (Wildman–Crippen LogP) is 2.45. The van der Waals surface area contributed by atoms with Crippen molar-refractivity contribution in [1.82, 2.24) is 15.0 Å². The number of nitrogens with zero attached hydrogens (tertiary/aromatic N) is 3. The molecule has 0 unspecified atom stereocenters. The van der Waals surface area contributed by atoms with Crippen LogP contribution in [0, 0.1) is 5.92 Å². The molecule has 0 aliphatic carbocycles. The standard InChI is InChI=1S/C18H23N3O3/c1-12(2)17-19-16(20-24-17)8-9-21(3)18(22)14-10-13-6-4-5-7-15(13)23-11-14/h4-7,12,14H,8-11H2,1-3H3/t14-/m1/s1. The molecule has 24 heavy (non-hydrogen) atoms. The molecule has 0 saturated carbocycles. The van der Waals surface area contributed by atoms with Crippen molar-refractivity contribution in [3.8, 4) is 5.75 Å². The summed E-state index contributed by atoms with van der Waals surface area (Å²) >= 11 is 0. The van der Waals surface area contributed by atoms with Crippen LogP contribution in [0.3, 0.4) is 0 Å². The number of carbonyl (C=O) groups is 1. The van der Waals surface area contributed by atoms with Gasteiger partial charge in [-0.15, -0.1) is 0 Å². The summed E-state index contributed by atoms with van der Waals surface area (Å²) in [5.41, 5.74) is 1.09. The number of rotatable bonds is 5. The molecule has 1 aliphatic rings.